The van der Waals surface area contributed by atoms with Crippen LogP contribution in [-0.2, 0) is 13.6 Å². The number of ether oxygens (including phenoxy) is 1. The van der Waals surface area contributed by atoms with Gasteiger partial charge in [0.1, 0.15) is 18.1 Å². The predicted octanol–water partition coefficient (Wildman–Crippen LogP) is 3.21. The summed E-state index contributed by atoms with van der Waals surface area (Å²) in [5, 5.41) is 5.18. The molecule has 1 saturated heterocycles. The summed E-state index contributed by atoms with van der Waals surface area (Å²) in [5.41, 5.74) is 2.21. The quantitative estimate of drug-likeness (QED) is 0.742. The van der Waals surface area contributed by atoms with E-state index in [1.807, 2.05) is 6.07 Å². The zero-order chi connectivity index (χ0) is 15.6. The van der Waals surface area contributed by atoms with Crippen molar-refractivity contribution in [2.24, 2.45) is 7.05 Å². The van der Waals surface area contributed by atoms with E-state index in [0.717, 1.165) is 43.9 Å². The molecule has 1 aromatic carbocycles. The Morgan fingerprint density at radius 2 is 2.09 bits per heavy atom. The van der Waals surface area contributed by atoms with Crippen LogP contribution in [0.5, 0.6) is 5.75 Å². The Labute approximate surface area is 135 Å². The molecule has 1 fully saturated rings. The van der Waals surface area contributed by atoms with Gasteiger partial charge in [-0.05, 0) is 31.0 Å². The fraction of sp³-hybridized carbons (Fsp3) is 0.389. The molecule has 5 nitrogen and oxygen atoms in total. The lowest BCUT2D eigenvalue weighted by molar-refractivity contribution is 0.0967. The Balaban J connectivity index is 1.39. The van der Waals surface area contributed by atoms with Gasteiger partial charge in [0, 0.05) is 44.3 Å². The van der Waals surface area contributed by atoms with Crippen molar-refractivity contribution in [3.05, 3.63) is 48.5 Å². The molecule has 0 bridgehead atoms. The molecular formula is C18H21N3O2. The van der Waals surface area contributed by atoms with Gasteiger partial charge >= 0.3 is 0 Å². The van der Waals surface area contributed by atoms with Gasteiger partial charge in [-0.2, -0.15) is 0 Å². The van der Waals surface area contributed by atoms with E-state index in [1.165, 1.54) is 10.9 Å². The SMILES string of the molecule is Cn1ccc2c(OC3CCN(Cc4ccon4)CC3)cccc21. The van der Waals surface area contributed by atoms with Crippen LogP contribution in [0.4, 0.5) is 0 Å². The molecule has 0 unspecified atom stereocenters. The minimum Gasteiger partial charge on any atom is -0.490 e. The molecule has 1 aliphatic heterocycles. The van der Waals surface area contributed by atoms with Crippen LogP contribution in [0.1, 0.15) is 18.5 Å². The molecule has 4 rings (SSSR count). The topological polar surface area (TPSA) is 43.4 Å². The van der Waals surface area contributed by atoms with Gasteiger partial charge in [0.25, 0.3) is 0 Å². The molecule has 0 N–H and O–H groups in total. The summed E-state index contributed by atoms with van der Waals surface area (Å²) in [4.78, 5) is 2.40. The smallest absolute Gasteiger partial charge is 0.129 e. The van der Waals surface area contributed by atoms with Crippen LogP contribution in [0.3, 0.4) is 0 Å². The van der Waals surface area contributed by atoms with Gasteiger partial charge in [-0.3, -0.25) is 4.90 Å². The second-order valence-electron chi connectivity index (χ2n) is 6.20. The maximum absolute atomic E-state index is 6.29. The molecule has 3 heterocycles. The van der Waals surface area contributed by atoms with Gasteiger partial charge in [0.15, 0.2) is 0 Å². The Kier molecular flexibility index (Phi) is 3.79. The fourth-order valence-electron chi connectivity index (χ4n) is 3.29. The number of aromatic nitrogens is 2. The van der Waals surface area contributed by atoms with Crippen molar-refractivity contribution < 1.29 is 9.26 Å². The number of hydrogen-bond donors (Lipinski definition) is 0. The van der Waals surface area contributed by atoms with Crippen molar-refractivity contribution in [2.75, 3.05) is 13.1 Å². The third-order valence-electron chi connectivity index (χ3n) is 4.59. The maximum atomic E-state index is 6.29. The first-order valence-electron chi connectivity index (χ1n) is 8.12. The number of likely N-dealkylation sites (tertiary alicyclic amines) is 1. The highest BCUT2D eigenvalue weighted by Crippen LogP contribution is 2.28. The van der Waals surface area contributed by atoms with Gasteiger partial charge in [-0.25, -0.2) is 0 Å². The Morgan fingerprint density at radius 1 is 1.22 bits per heavy atom. The number of rotatable bonds is 4. The highest BCUT2D eigenvalue weighted by atomic mass is 16.5. The summed E-state index contributed by atoms with van der Waals surface area (Å²) in [7, 11) is 2.06. The fourth-order valence-corrected chi connectivity index (χ4v) is 3.29. The normalized spacial score (nSPS) is 16.9. The summed E-state index contributed by atoms with van der Waals surface area (Å²) in [5.74, 6) is 0.998. The van der Waals surface area contributed by atoms with E-state index in [1.54, 1.807) is 6.26 Å². The van der Waals surface area contributed by atoms with E-state index < -0.39 is 0 Å². The van der Waals surface area contributed by atoms with Crippen molar-refractivity contribution in [1.29, 1.82) is 0 Å². The van der Waals surface area contributed by atoms with Gasteiger partial charge in [-0.15, -0.1) is 0 Å². The number of piperidine rings is 1. The Morgan fingerprint density at radius 3 is 2.87 bits per heavy atom. The van der Waals surface area contributed by atoms with Crippen molar-refractivity contribution in [1.82, 2.24) is 14.6 Å². The van der Waals surface area contributed by atoms with E-state index >= 15 is 0 Å². The number of hydrogen-bond acceptors (Lipinski definition) is 4. The van der Waals surface area contributed by atoms with Gasteiger partial charge in [0.05, 0.1) is 11.2 Å². The zero-order valence-electron chi connectivity index (χ0n) is 13.3. The molecule has 3 aromatic rings. The molecule has 0 radical (unpaired) electrons. The average molecular weight is 311 g/mol. The largest absolute Gasteiger partial charge is 0.490 e. The second-order valence-corrected chi connectivity index (χ2v) is 6.20. The Hall–Kier alpha value is -2.27. The summed E-state index contributed by atoms with van der Waals surface area (Å²) in [6.45, 7) is 2.92. The molecule has 5 heteroatoms. The van der Waals surface area contributed by atoms with Crippen molar-refractivity contribution in [3.63, 3.8) is 0 Å². The lowest BCUT2D eigenvalue weighted by Crippen LogP contribution is -2.37. The van der Waals surface area contributed by atoms with Crippen LogP contribution < -0.4 is 4.74 Å². The lowest BCUT2D eigenvalue weighted by atomic mass is 10.1. The first-order chi connectivity index (χ1) is 11.3. The molecule has 0 aliphatic carbocycles. The minimum absolute atomic E-state index is 0.286. The predicted molar refractivity (Wildman–Crippen MR) is 88.3 cm³/mol. The molecule has 0 atom stereocenters. The molecular weight excluding hydrogens is 290 g/mol. The maximum Gasteiger partial charge on any atom is 0.129 e. The zero-order valence-corrected chi connectivity index (χ0v) is 13.3. The summed E-state index contributed by atoms with van der Waals surface area (Å²) < 4.78 is 13.3. The summed E-state index contributed by atoms with van der Waals surface area (Å²) >= 11 is 0. The monoisotopic (exact) mass is 311 g/mol. The highest BCUT2D eigenvalue weighted by molar-refractivity contribution is 5.86. The van der Waals surface area contributed by atoms with Crippen molar-refractivity contribution >= 4 is 10.9 Å². The van der Waals surface area contributed by atoms with E-state index in [9.17, 15) is 0 Å². The van der Waals surface area contributed by atoms with Gasteiger partial charge < -0.3 is 13.8 Å². The minimum atomic E-state index is 0.286. The number of nitrogens with zero attached hydrogens (tertiary/aromatic N) is 3. The van der Waals surface area contributed by atoms with Crippen LogP contribution in [0.15, 0.2) is 47.3 Å². The summed E-state index contributed by atoms with van der Waals surface area (Å²) in [6, 6.07) is 10.3. The molecule has 0 saturated carbocycles. The first-order valence-corrected chi connectivity index (χ1v) is 8.12. The van der Waals surface area contributed by atoms with E-state index in [0.29, 0.717) is 0 Å². The van der Waals surface area contributed by atoms with Crippen molar-refractivity contribution in [3.8, 4) is 5.75 Å². The number of aryl methyl sites for hydroxylation is 1. The van der Waals surface area contributed by atoms with Crippen LogP contribution in [0.25, 0.3) is 10.9 Å². The third-order valence-corrected chi connectivity index (χ3v) is 4.59. The first kappa shape index (κ1) is 14.3. The van der Waals surface area contributed by atoms with Crippen LogP contribution in [0, 0.1) is 0 Å². The molecule has 120 valence electrons. The highest BCUT2D eigenvalue weighted by Gasteiger charge is 2.21. The molecule has 23 heavy (non-hydrogen) atoms. The number of fused-ring (bicyclic) bond motifs is 1. The van der Waals surface area contributed by atoms with Crippen LogP contribution in [0.2, 0.25) is 0 Å². The molecule has 0 amide bonds. The van der Waals surface area contributed by atoms with E-state index in [-0.39, 0.29) is 6.10 Å². The van der Waals surface area contributed by atoms with E-state index in [4.69, 9.17) is 9.26 Å². The number of benzene rings is 1. The molecule has 1 aliphatic rings. The van der Waals surface area contributed by atoms with Gasteiger partial charge in [0.2, 0.25) is 0 Å². The van der Waals surface area contributed by atoms with Crippen molar-refractivity contribution in [2.45, 2.75) is 25.5 Å². The standard InChI is InChI=1S/C18H21N3O2/c1-20-9-7-16-17(20)3-2-4-18(16)23-15-5-10-21(11-6-15)13-14-8-12-22-19-14/h2-4,7-9,12,15H,5-6,10-11,13H2,1H3. The van der Waals surface area contributed by atoms with E-state index in [2.05, 4.69) is 52.1 Å². The van der Waals surface area contributed by atoms with Crippen LogP contribution in [-0.4, -0.2) is 33.8 Å². The lowest BCUT2D eigenvalue weighted by Gasteiger charge is -2.31. The second kappa shape index (κ2) is 6.08. The Bertz CT molecular complexity index is 771. The summed E-state index contributed by atoms with van der Waals surface area (Å²) in [6.07, 6.45) is 6.08. The van der Waals surface area contributed by atoms with Crippen LogP contribution >= 0.6 is 0 Å². The molecule has 2 aromatic heterocycles. The average Bonchev–Trinajstić information content (AvgIpc) is 3.20. The molecule has 0 spiro atoms. The third kappa shape index (κ3) is 2.97. The van der Waals surface area contributed by atoms with Gasteiger partial charge in [-0.1, -0.05) is 11.2 Å².